The average molecular weight is 625 g/mol. The maximum Gasteiger partial charge on any atom is 0.491 e. The standard InChI is InChI=1S/C30H23Cl2F5N2O3/c1-28(2,16-7-4-3-5-8-16)14-22-29(15-38,19-12-11-17(31)13-21(19)33)23(18-9-6-10-20(32)24(18)34)25(39-22)26(40)42-27(41)30(35,36)37/h3-13,22-23,25,39H,14H2,1-2H3/t22-,23-,25+,29-/m0/s1. The highest BCUT2D eigenvalue weighted by molar-refractivity contribution is 6.31. The molecular weight excluding hydrogens is 602 g/mol. The molecule has 0 amide bonds. The summed E-state index contributed by atoms with van der Waals surface area (Å²) in [7, 11) is 0. The first-order valence-corrected chi connectivity index (χ1v) is 13.3. The van der Waals surface area contributed by atoms with Gasteiger partial charge in [-0.2, -0.15) is 18.4 Å². The van der Waals surface area contributed by atoms with Crippen molar-refractivity contribution in [1.29, 1.82) is 5.26 Å². The van der Waals surface area contributed by atoms with E-state index in [1.165, 1.54) is 30.3 Å². The molecule has 1 N–H and O–H groups in total. The molecule has 5 nitrogen and oxygen atoms in total. The molecule has 0 aromatic heterocycles. The van der Waals surface area contributed by atoms with Gasteiger partial charge in [-0.15, -0.1) is 0 Å². The van der Waals surface area contributed by atoms with Crippen LogP contribution in [0.2, 0.25) is 10.0 Å². The zero-order valence-corrected chi connectivity index (χ0v) is 23.6. The van der Waals surface area contributed by atoms with E-state index < -0.39 is 63.6 Å². The number of carbonyl (C=O) groups is 2. The normalized spacial score (nSPS) is 22.4. The van der Waals surface area contributed by atoms with Crippen molar-refractivity contribution >= 4 is 35.1 Å². The number of rotatable bonds is 6. The van der Waals surface area contributed by atoms with Gasteiger partial charge in [-0.1, -0.05) is 85.6 Å². The van der Waals surface area contributed by atoms with Crippen molar-refractivity contribution in [3.63, 3.8) is 0 Å². The number of alkyl halides is 3. The smallest absolute Gasteiger partial charge is 0.385 e. The van der Waals surface area contributed by atoms with E-state index in [0.29, 0.717) is 0 Å². The molecule has 1 fully saturated rings. The van der Waals surface area contributed by atoms with Crippen LogP contribution in [0, 0.1) is 23.0 Å². The molecular formula is C30H23Cl2F5N2O3. The molecule has 3 aromatic rings. The van der Waals surface area contributed by atoms with Crippen molar-refractivity contribution in [3.05, 3.63) is 105 Å². The first-order valence-electron chi connectivity index (χ1n) is 12.6. The van der Waals surface area contributed by atoms with Gasteiger partial charge >= 0.3 is 18.1 Å². The monoisotopic (exact) mass is 624 g/mol. The molecule has 4 atom stereocenters. The molecule has 3 aromatic carbocycles. The Kier molecular flexibility index (Phi) is 8.70. The van der Waals surface area contributed by atoms with E-state index in [2.05, 4.69) is 16.1 Å². The van der Waals surface area contributed by atoms with E-state index in [0.717, 1.165) is 11.6 Å². The second-order valence-electron chi connectivity index (χ2n) is 10.6. The Balaban J connectivity index is 1.99. The van der Waals surface area contributed by atoms with Gasteiger partial charge in [0.15, 0.2) is 0 Å². The molecule has 1 aliphatic heterocycles. The highest BCUT2D eigenvalue weighted by Crippen LogP contribution is 2.53. The van der Waals surface area contributed by atoms with Gasteiger partial charge in [0.1, 0.15) is 23.1 Å². The van der Waals surface area contributed by atoms with Crippen molar-refractivity contribution in [2.24, 2.45) is 0 Å². The molecule has 0 bridgehead atoms. The Bertz CT molecular complexity index is 1560. The van der Waals surface area contributed by atoms with Crippen LogP contribution in [-0.4, -0.2) is 30.2 Å². The minimum Gasteiger partial charge on any atom is -0.385 e. The van der Waals surface area contributed by atoms with Gasteiger partial charge in [-0.3, -0.25) is 5.32 Å². The van der Waals surface area contributed by atoms with Crippen molar-refractivity contribution < 1.29 is 36.3 Å². The number of nitrogens with zero attached hydrogens (tertiary/aromatic N) is 1. The molecule has 0 unspecified atom stereocenters. The number of benzene rings is 3. The third kappa shape index (κ3) is 5.74. The maximum atomic E-state index is 15.7. The first-order chi connectivity index (χ1) is 19.6. The molecule has 1 saturated heterocycles. The van der Waals surface area contributed by atoms with E-state index in [1.807, 2.05) is 26.0 Å². The molecule has 0 aliphatic carbocycles. The number of ether oxygens (including phenoxy) is 1. The molecule has 12 heteroatoms. The fraction of sp³-hybridized carbons (Fsp3) is 0.300. The van der Waals surface area contributed by atoms with Crippen molar-refractivity contribution in [3.8, 4) is 6.07 Å². The maximum absolute atomic E-state index is 15.7. The van der Waals surface area contributed by atoms with Crippen LogP contribution in [0.3, 0.4) is 0 Å². The lowest BCUT2D eigenvalue weighted by Gasteiger charge is -2.38. The number of nitriles is 1. The number of carbonyl (C=O) groups excluding carboxylic acids is 2. The Morgan fingerprint density at radius 2 is 1.69 bits per heavy atom. The van der Waals surface area contributed by atoms with Crippen LogP contribution in [0.1, 0.15) is 42.9 Å². The fourth-order valence-electron chi connectivity index (χ4n) is 5.65. The number of halogens is 7. The van der Waals surface area contributed by atoms with Crippen LogP contribution < -0.4 is 5.32 Å². The fourth-order valence-corrected chi connectivity index (χ4v) is 5.99. The zero-order chi connectivity index (χ0) is 31.0. The van der Waals surface area contributed by atoms with E-state index in [4.69, 9.17) is 23.2 Å². The predicted molar refractivity (Wildman–Crippen MR) is 145 cm³/mol. The molecule has 1 aliphatic rings. The topological polar surface area (TPSA) is 79.2 Å². The summed E-state index contributed by atoms with van der Waals surface area (Å²) in [4.78, 5) is 24.9. The molecule has 1 heterocycles. The Labute approximate surface area is 248 Å². The summed E-state index contributed by atoms with van der Waals surface area (Å²) in [5, 5.41) is 13.3. The van der Waals surface area contributed by atoms with Crippen LogP contribution in [0.5, 0.6) is 0 Å². The Hall–Kier alpha value is -3.52. The quantitative estimate of drug-likeness (QED) is 0.179. The van der Waals surface area contributed by atoms with Gasteiger partial charge < -0.3 is 4.74 Å². The molecule has 0 saturated carbocycles. The summed E-state index contributed by atoms with van der Waals surface area (Å²) in [6.45, 7) is 3.64. The van der Waals surface area contributed by atoms with Crippen molar-refractivity contribution in [2.75, 3.05) is 0 Å². The molecule has 220 valence electrons. The molecule has 42 heavy (non-hydrogen) atoms. The van der Waals surface area contributed by atoms with Crippen LogP contribution in [0.4, 0.5) is 22.0 Å². The van der Waals surface area contributed by atoms with E-state index in [9.17, 15) is 28.0 Å². The van der Waals surface area contributed by atoms with Crippen LogP contribution >= 0.6 is 23.2 Å². The second-order valence-corrected chi connectivity index (χ2v) is 11.4. The van der Waals surface area contributed by atoms with E-state index >= 15 is 8.78 Å². The van der Waals surface area contributed by atoms with Gasteiger partial charge in [0.05, 0.1) is 11.1 Å². The van der Waals surface area contributed by atoms with E-state index in [-0.39, 0.29) is 22.6 Å². The lowest BCUT2D eigenvalue weighted by molar-refractivity contribution is -0.202. The summed E-state index contributed by atoms with van der Waals surface area (Å²) in [5.74, 6) is -8.28. The van der Waals surface area contributed by atoms with Gasteiger partial charge in [-0.25, -0.2) is 18.4 Å². The molecule has 4 rings (SSSR count). The van der Waals surface area contributed by atoms with Crippen molar-refractivity contribution in [2.45, 2.75) is 55.3 Å². The lowest BCUT2D eigenvalue weighted by Crippen LogP contribution is -2.46. The van der Waals surface area contributed by atoms with E-state index in [1.54, 1.807) is 18.2 Å². The number of hydrogen-bond acceptors (Lipinski definition) is 5. The highest BCUT2D eigenvalue weighted by atomic mass is 35.5. The van der Waals surface area contributed by atoms with Crippen LogP contribution in [-0.2, 0) is 25.2 Å². The van der Waals surface area contributed by atoms with Gasteiger partial charge in [0, 0.05) is 22.5 Å². The Morgan fingerprint density at radius 3 is 2.29 bits per heavy atom. The number of esters is 2. The van der Waals surface area contributed by atoms with Crippen molar-refractivity contribution in [1.82, 2.24) is 5.32 Å². The summed E-state index contributed by atoms with van der Waals surface area (Å²) in [5.41, 5.74) is -2.79. The number of hydrogen-bond donors (Lipinski definition) is 1. The second kappa shape index (κ2) is 11.6. The van der Waals surface area contributed by atoms with Gasteiger partial charge in [0.2, 0.25) is 0 Å². The SMILES string of the molecule is CC(C)(C[C@@H]1N[C@@H](C(=O)OC(=O)C(F)(F)F)[C@H](c2cccc(Cl)c2F)[C@@]1(C#N)c1ccc(Cl)cc1F)c1ccccc1. The summed E-state index contributed by atoms with van der Waals surface area (Å²) in [6.07, 6.45) is -5.52. The largest absolute Gasteiger partial charge is 0.491 e. The highest BCUT2D eigenvalue weighted by Gasteiger charge is 2.62. The van der Waals surface area contributed by atoms with Gasteiger partial charge in [-0.05, 0) is 41.2 Å². The van der Waals surface area contributed by atoms with Crippen LogP contribution in [0.15, 0.2) is 66.7 Å². The zero-order valence-electron chi connectivity index (χ0n) is 22.1. The molecule has 0 spiro atoms. The van der Waals surface area contributed by atoms with Gasteiger partial charge in [0.25, 0.3) is 0 Å². The molecule has 0 radical (unpaired) electrons. The number of nitrogens with one attached hydrogen (secondary N) is 1. The van der Waals surface area contributed by atoms with Crippen LogP contribution in [0.25, 0.3) is 0 Å². The summed E-state index contributed by atoms with van der Waals surface area (Å²) >= 11 is 12.0. The lowest BCUT2D eigenvalue weighted by atomic mass is 9.62. The summed E-state index contributed by atoms with van der Waals surface area (Å²) < 4.78 is 74.7. The third-order valence-electron chi connectivity index (χ3n) is 7.58. The average Bonchev–Trinajstić information content (AvgIpc) is 3.24. The third-order valence-corrected chi connectivity index (χ3v) is 8.11. The predicted octanol–water partition coefficient (Wildman–Crippen LogP) is 7.16. The first kappa shape index (κ1) is 31.4. The minimum atomic E-state index is -5.52. The summed E-state index contributed by atoms with van der Waals surface area (Å²) in [6, 6.07) is 15.1. The minimum absolute atomic E-state index is 0.00230. The Morgan fingerprint density at radius 1 is 1.02 bits per heavy atom.